The van der Waals surface area contributed by atoms with Gasteiger partial charge >= 0.3 is 0 Å². The van der Waals surface area contributed by atoms with E-state index in [1.165, 1.54) is 0 Å². The van der Waals surface area contributed by atoms with E-state index in [9.17, 15) is 0 Å². The number of ether oxygens (including phenoxy) is 4. The number of hydrogen-bond acceptors (Lipinski definition) is 4. The number of benzene rings is 1. The first-order valence-electron chi connectivity index (χ1n) is 8.18. The average Bonchev–Trinajstić information content (AvgIpc) is 2.95. The van der Waals surface area contributed by atoms with E-state index in [1.807, 2.05) is 32.0 Å². The Morgan fingerprint density at radius 3 is 2.32 bits per heavy atom. The average molecular weight is 306 g/mol. The van der Waals surface area contributed by atoms with Crippen molar-refractivity contribution in [2.75, 3.05) is 0 Å². The van der Waals surface area contributed by atoms with Gasteiger partial charge in [0.2, 0.25) is 0 Å². The fraction of sp³-hybridized carbons (Fsp3) is 0.667. The summed E-state index contributed by atoms with van der Waals surface area (Å²) in [5.74, 6) is -0.614. The molecule has 0 saturated carbocycles. The lowest BCUT2D eigenvalue weighted by Crippen LogP contribution is -2.46. The lowest BCUT2D eigenvalue weighted by Gasteiger charge is -2.35. The summed E-state index contributed by atoms with van der Waals surface area (Å²) in [5, 5.41) is 0. The summed E-state index contributed by atoms with van der Waals surface area (Å²) in [6.07, 6.45) is 1.13. The van der Waals surface area contributed by atoms with E-state index in [0.717, 1.165) is 18.4 Å². The van der Waals surface area contributed by atoms with Crippen LogP contribution in [-0.2, 0) is 25.6 Å². The third-order valence-corrected chi connectivity index (χ3v) is 4.73. The van der Waals surface area contributed by atoms with Gasteiger partial charge in [-0.15, -0.1) is 0 Å². The molecule has 22 heavy (non-hydrogen) atoms. The molecule has 0 radical (unpaired) electrons. The van der Waals surface area contributed by atoms with Crippen LogP contribution in [0.3, 0.4) is 0 Å². The molecule has 0 aromatic heterocycles. The van der Waals surface area contributed by atoms with E-state index >= 15 is 0 Å². The van der Waals surface area contributed by atoms with Crippen molar-refractivity contribution in [3.05, 3.63) is 35.9 Å². The van der Waals surface area contributed by atoms with Crippen LogP contribution in [0.1, 0.15) is 46.1 Å². The SMILES string of the molecule is CCC1(CC)O[C@@H]2OC(C)(C)OC2[C@H]1OCc1ccccc1. The molecule has 2 fully saturated rings. The smallest absolute Gasteiger partial charge is 0.190 e. The minimum atomic E-state index is -0.614. The van der Waals surface area contributed by atoms with Crippen molar-refractivity contribution < 1.29 is 18.9 Å². The minimum absolute atomic E-state index is 0.116. The van der Waals surface area contributed by atoms with Crippen LogP contribution in [0.5, 0.6) is 0 Å². The van der Waals surface area contributed by atoms with Crippen LogP contribution in [0.25, 0.3) is 0 Å². The summed E-state index contributed by atoms with van der Waals surface area (Å²) in [6, 6.07) is 10.2. The Kier molecular flexibility index (Phi) is 4.29. The van der Waals surface area contributed by atoms with Crippen molar-refractivity contribution in [1.29, 1.82) is 0 Å². The van der Waals surface area contributed by atoms with Gasteiger partial charge in [0, 0.05) is 0 Å². The molecule has 0 bridgehead atoms. The van der Waals surface area contributed by atoms with Gasteiger partial charge in [0.15, 0.2) is 12.1 Å². The van der Waals surface area contributed by atoms with Gasteiger partial charge in [-0.1, -0.05) is 44.2 Å². The first-order valence-corrected chi connectivity index (χ1v) is 8.18. The Hall–Kier alpha value is -0.940. The molecule has 4 heteroatoms. The topological polar surface area (TPSA) is 36.9 Å². The summed E-state index contributed by atoms with van der Waals surface area (Å²) in [5.41, 5.74) is 0.825. The highest BCUT2D eigenvalue weighted by atomic mass is 16.8. The maximum Gasteiger partial charge on any atom is 0.190 e. The third-order valence-electron chi connectivity index (χ3n) is 4.73. The Bertz CT molecular complexity index is 495. The molecule has 1 aromatic carbocycles. The summed E-state index contributed by atoms with van der Waals surface area (Å²) >= 11 is 0. The number of hydrogen-bond donors (Lipinski definition) is 0. The zero-order valence-electron chi connectivity index (χ0n) is 13.9. The van der Waals surface area contributed by atoms with Crippen LogP contribution in [0, 0.1) is 0 Å². The lowest BCUT2D eigenvalue weighted by molar-refractivity contribution is -0.246. The molecule has 2 aliphatic rings. The monoisotopic (exact) mass is 306 g/mol. The molecule has 2 aliphatic heterocycles. The number of fused-ring (bicyclic) bond motifs is 1. The molecule has 0 aliphatic carbocycles. The Labute approximate surface area is 132 Å². The molecule has 2 saturated heterocycles. The first-order chi connectivity index (χ1) is 10.5. The van der Waals surface area contributed by atoms with Crippen molar-refractivity contribution in [1.82, 2.24) is 0 Å². The molecule has 4 nitrogen and oxygen atoms in total. The second kappa shape index (κ2) is 5.93. The minimum Gasteiger partial charge on any atom is -0.368 e. The maximum absolute atomic E-state index is 6.26. The highest BCUT2D eigenvalue weighted by Crippen LogP contribution is 2.46. The van der Waals surface area contributed by atoms with Crippen LogP contribution in [-0.4, -0.2) is 29.9 Å². The van der Waals surface area contributed by atoms with Gasteiger partial charge < -0.3 is 18.9 Å². The molecule has 0 amide bonds. The largest absolute Gasteiger partial charge is 0.368 e. The van der Waals surface area contributed by atoms with E-state index in [0.29, 0.717) is 6.61 Å². The van der Waals surface area contributed by atoms with Crippen LogP contribution >= 0.6 is 0 Å². The normalized spacial score (nSPS) is 32.1. The molecule has 122 valence electrons. The fourth-order valence-electron chi connectivity index (χ4n) is 3.48. The van der Waals surface area contributed by atoms with Crippen LogP contribution in [0.2, 0.25) is 0 Å². The van der Waals surface area contributed by atoms with Crippen molar-refractivity contribution in [2.45, 2.75) is 77.0 Å². The summed E-state index contributed by atoms with van der Waals surface area (Å²) < 4.78 is 24.4. The molecule has 0 spiro atoms. The molecule has 3 atom stereocenters. The predicted molar refractivity (Wildman–Crippen MR) is 83.2 cm³/mol. The van der Waals surface area contributed by atoms with Gasteiger partial charge in [0.05, 0.1) is 12.2 Å². The van der Waals surface area contributed by atoms with Gasteiger partial charge in [-0.05, 0) is 32.3 Å². The molecule has 1 unspecified atom stereocenters. The Morgan fingerprint density at radius 2 is 1.68 bits per heavy atom. The van der Waals surface area contributed by atoms with E-state index in [1.54, 1.807) is 0 Å². The Balaban J connectivity index is 1.77. The van der Waals surface area contributed by atoms with E-state index in [-0.39, 0.29) is 24.1 Å². The van der Waals surface area contributed by atoms with Crippen LogP contribution in [0.15, 0.2) is 30.3 Å². The highest BCUT2D eigenvalue weighted by Gasteiger charge is 2.61. The zero-order valence-corrected chi connectivity index (χ0v) is 13.9. The molecule has 0 N–H and O–H groups in total. The van der Waals surface area contributed by atoms with Crippen molar-refractivity contribution in [3.63, 3.8) is 0 Å². The predicted octanol–water partition coefficient (Wildman–Crippen LogP) is 3.64. The first kappa shape index (κ1) is 15.9. The number of rotatable bonds is 5. The van der Waals surface area contributed by atoms with Gasteiger partial charge in [0.1, 0.15) is 12.2 Å². The molecule has 2 heterocycles. The summed E-state index contributed by atoms with van der Waals surface area (Å²) in [6.45, 7) is 8.66. The summed E-state index contributed by atoms with van der Waals surface area (Å²) in [4.78, 5) is 0. The van der Waals surface area contributed by atoms with Crippen molar-refractivity contribution >= 4 is 0 Å². The quantitative estimate of drug-likeness (QED) is 0.832. The fourth-order valence-corrected chi connectivity index (χ4v) is 3.48. The third kappa shape index (κ3) is 2.81. The molecule has 1 aromatic rings. The van der Waals surface area contributed by atoms with Gasteiger partial charge in [0.25, 0.3) is 0 Å². The van der Waals surface area contributed by atoms with E-state index < -0.39 is 5.79 Å². The van der Waals surface area contributed by atoms with Crippen molar-refractivity contribution in [3.8, 4) is 0 Å². The van der Waals surface area contributed by atoms with Crippen LogP contribution < -0.4 is 0 Å². The molecular weight excluding hydrogens is 280 g/mol. The standard InChI is InChI=1S/C18H26O4/c1-5-18(6-2)15(19-12-13-10-8-7-9-11-13)14-16(22-18)21-17(3,4)20-14/h7-11,14-16H,5-6,12H2,1-4H3/t14?,15-,16+/m1/s1. The van der Waals surface area contributed by atoms with Crippen molar-refractivity contribution in [2.24, 2.45) is 0 Å². The summed E-state index contributed by atoms with van der Waals surface area (Å²) in [7, 11) is 0. The zero-order chi connectivity index (χ0) is 15.8. The van der Waals surface area contributed by atoms with Gasteiger partial charge in [-0.3, -0.25) is 0 Å². The Morgan fingerprint density at radius 1 is 1.00 bits per heavy atom. The maximum atomic E-state index is 6.26. The molecular formula is C18H26O4. The van der Waals surface area contributed by atoms with Crippen LogP contribution in [0.4, 0.5) is 0 Å². The second-order valence-electron chi connectivity index (χ2n) is 6.58. The lowest BCUT2D eigenvalue weighted by atomic mass is 9.89. The highest BCUT2D eigenvalue weighted by molar-refractivity contribution is 5.14. The second-order valence-corrected chi connectivity index (χ2v) is 6.58. The molecule has 3 rings (SSSR count). The van der Waals surface area contributed by atoms with E-state index in [4.69, 9.17) is 18.9 Å². The van der Waals surface area contributed by atoms with Gasteiger partial charge in [-0.25, -0.2) is 0 Å². The van der Waals surface area contributed by atoms with Gasteiger partial charge in [-0.2, -0.15) is 0 Å². The van der Waals surface area contributed by atoms with E-state index in [2.05, 4.69) is 26.0 Å².